The van der Waals surface area contributed by atoms with Gasteiger partial charge in [-0.2, -0.15) is 5.26 Å². The fourth-order valence-electron chi connectivity index (χ4n) is 3.93. The van der Waals surface area contributed by atoms with Gasteiger partial charge >= 0.3 is 0 Å². The largest absolute Gasteiger partial charge is 0.206 e. The maximum atomic E-state index is 14.8. The summed E-state index contributed by atoms with van der Waals surface area (Å²) in [5, 5.41) is 8.78. The van der Waals surface area contributed by atoms with E-state index >= 15 is 0 Å². The molecule has 33 heavy (non-hydrogen) atoms. The van der Waals surface area contributed by atoms with Gasteiger partial charge in [-0.15, -0.1) is 0 Å². The predicted molar refractivity (Wildman–Crippen MR) is 120 cm³/mol. The third-order valence-electron chi connectivity index (χ3n) is 5.68. The Morgan fingerprint density at radius 2 is 1.24 bits per heavy atom. The van der Waals surface area contributed by atoms with E-state index in [0.29, 0.717) is 17.0 Å². The lowest BCUT2D eigenvalue weighted by atomic mass is 9.92. The molecule has 0 aliphatic heterocycles. The van der Waals surface area contributed by atoms with Crippen LogP contribution in [0.3, 0.4) is 0 Å². The zero-order chi connectivity index (χ0) is 23.5. The van der Waals surface area contributed by atoms with E-state index in [4.69, 9.17) is 5.26 Å². The number of hydrogen-bond donors (Lipinski definition) is 0. The Kier molecular flexibility index (Phi) is 6.28. The molecule has 0 radical (unpaired) electrons. The first-order valence-electron chi connectivity index (χ1n) is 10.4. The molecule has 0 heterocycles. The molecular weight excluding hydrogens is 426 g/mol. The Labute approximate surface area is 189 Å². The second-order valence-electron chi connectivity index (χ2n) is 7.95. The molecule has 5 heteroatoms. The lowest BCUT2D eigenvalue weighted by molar-refractivity contribution is 0.573. The van der Waals surface area contributed by atoms with Gasteiger partial charge < -0.3 is 0 Å². The molecule has 0 saturated carbocycles. The maximum Gasteiger partial charge on any atom is 0.144 e. The first kappa shape index (κ1) is 22.3. The van der Waals surface area contributed by atoms with Crippen LogP contribution in [0.2, 0.25) is 0 Å². The van der Waals surface area contributed by atoms with Gasteiger partial charge in [0.2, 0.25) is 0 Å². The third kappa shape index (κ3) is 4.65. The Balaban J connectivity index is 1.60. The summed E-state index contributed by atoms with van der Waals surface area (Å²) in [5.41, 5.74) is 1.61. The lowest BCUT2D eigenvalue weighted by Crippen LogP contribution is -1.98. The van der Waals surface area contributed by atoms with Gasteiger partial charge in [-0.05, 0) is 64.4 Å². The molecule has 0 saturated heterocycles. The van der Waals surface area contributed by atoms with Gasteiger partial charge in [0.25, 0.3) is 0 Å². The maximum absolute atomic E-state index is 14.8. The minimum absolute atomic E-state index is 0.309. The highest BCUT2D eigenvalue weighted by Gasteiger charge is 2.18. The molecule has 164 valence electrons. The van der Waals surface area contributed by atoms with Crippen LogP contribution in [0.5, 0.6) is 0 Å². The first-order valence-corrected chi connectivity index (χ1v) is 10.4. The minimum atomic E-state index is -1.17. The predicted octanol–water partition coefficient (Wildman–Crippen LogP) is 7.79. The smallest absolute Gasteiger partial charge is 0.144 e. The quantitative estimate of drug-likeness (QED) is 0.288. The van der Waals surface area contributed by atoms with E-state index in [-0.39, 0.29) is 5.56 Å². The zero-order valence-corrected chi connectivity index (χ0v) is 17.7. The van der Waals surface area contributed by atoms with Crippen LogP contribution in [-0.4, -0.2) is 0 Å². The average molecular weight is 445 g/mol. The van der Waals surface area contributed by atoms with Gasteiger partial charge in [0.15, 0.2) is 0 Å². The van der Waals surface area contributed by atoms with Crippen molar-refractivity contribution in [1.29, 1.82) is 5.26 Å². The van der Waals surface area contributed by atoms with Gasteiger partial charge in [0.1, 0.15) is 34.9 Å². The fourth-order valence-corrected chi connectivity index (χ4v) is 3.93. The highest BCUT2D eigenvalue weighted by molar-refractivity contribution is 5.72. The van der Waals surface area contributed by atoms with Crippen LogP contribution in [0.25, 0.3) is 22.3 Å². The minimum Gasteiger partial charge on any atom is -0.206 e. The molecule has 0 aliphatic rings. The highest BCUT2D eigenvalue weighted by Crippen LogP contribution is 2.33. The van der Waals surface area contributed by atoms with E-state index < -0.39 is 34.4 Å². The van der Waals surface area contributed by atoms with Crippen molar-refractivity contribution in [2.45, 2.75) is 19.3 Å². The average Bonchev–Trinajstić information content (AvgIpc) is 2.79. The summed E-state index contributed by atoms with van der Waals surface area (Å²) in [6.07, 6.45) is 0.821. The van der Waals surface area contributed by atoms with Crippen LogP contribution in [0.15, 0.2) is 78.9 Å². The third-order valence-corrected chi connectivity index (χ3v) is 5.68. The topological polar surface area (TPSA) is 23.8 Å². The van der Waals surface area contributed by atoms with Crippen molar-refractivity contribution in [3.63, 3.8) is 0 Å². The number of halogens is 4. The Bertz CT molecular complexity index is 1290. The summed E-state index contributed by atoms with van der Waals surface area (Å²) >= 11 is 0. The van der Waals surface area contributed by atoms with Crippen LogP contribution in [0.4, 0.5) is 17.6 Å². The van der Waals surface area contributed by atoms with Crippen molar-refractivity contribution in [2.75, 3.05) is 0 Å². The first-order chi connectivity index (χ1) is 15.9. The second kappa shape index (κ2) is 9.30. The fraction of sp³-hybridized carbons (Fsp3) is 0.107. The molecule has 0 aliphatic carbocycles. The van der Waals surface area contributed by atoms with Crippen molar-refractivity contribution in [2.24, 2.45) is 0 Å². The van der Waals surface area contributed by atoms with Crippen LogP contribution in [0, 0.1) is 34.6 Å². The van der Waals surface area contributed by atoms with E-state index in [1.54, 1.807) is 12.1 Å². The zero-order valence-electron chi connectivity index (χ0n) is 17.7. The molecule has 0 spiro atoms. The molecule has 4 rings (SSSR count). The normalized spacial score (nSPS) is 11.8. The molecular formula is C28H19F4N. The van der Waals surface area contributed by atoms with Crippen LogP contribution in [-0.2, 0) is 6.42 Å². The lowest BCUT2D eigenvalue weighted by Gasteiger charge is -2.13. The SMILES string of the molecule is C[C@H](Cc1ccc(-c2cc(F)c(-c3cc(F)c(C#N)c(F)c3)c(F)c2)cc1)c1ccccc1. The van der Waals surface area contributed by atoms with Crippen molar-refractivity contribution in [1.82, 2.24) is 0 Å². The van der Waals surface area contributed by atoms with Gasteiger partial charge in [0.05, 0.1) is 5.56 Å². The van der Waals surface area contributed by atoms with E-state index in [1.165, 1.54) is 11.6 Å². The van der Waals surface area contributed by atoms with E-state index in [0.717, 1.165) is 36.2 Å². The molecule has 0 aromatic heterocycles. The summed E-state index contributed by atoms with van der Waals surface area (Å²) in [5.74, 6) is -3.92. The molecule has 4 aromatic rings. The van der Waals surface area contributed by atoms with Gasteiger partial charge in [-0.3, -0.25) is 0 Å². The number of benzene rings is 4. The van der Waals surface area contributed by atoms with Crippen LogP contribution in [0.1, 0.15) is 29.5 Å². The van der Waals surface area contributed by atoms with Gasteiger partial charge in [-0.1, -0.05) is 61.5 Å². The summed E-state index contributed by atoms with van der Waals surface area (Å²) in [6, 6.07) is 22.7. The van der Waals surface area contributed by atoms with Crippen LogP contribution < -0.4 is 0 Å². The molecule has 0 bridgehead atoms. The van der Waals surface area contributed by atoms with E-state index in [2.05, 4.69) is 19.1 Å². The second-order valence-corrected chi connectivity index (χ2v) is 7.95. The molecule has 4 aromatic carbocycles. The van der Waals surface area contributed by atoms with Gasteiger partial charge in [0, 0.05) is 0 Å². The van der Waals surface area contributed by atoms with Crippen LogP contribution >= 0.6 is 0 Å². The molecule has 1 nitrogen and oxygen atoms in total. The van der Waals surface area contributed by atoms with E-state index in [1.807, 2.05) is 30.3 Å². The number of hydrogen-bond acceptors (Lipinski definition) is 1. The molecule has 0 unspecified atom stereocenters. The summed E-state index contributed by atoms with van der Waals surface area (Å²) in [6.45, 7) is 2.14. The van der Waals surface area contributed by atoms with Crippen molar-refractivity contribution in [3.05, 3.63) is 119 Å². The standard InChI is InChI=1S/C28H19F4N/c1-17(19-5-3-2-4-6-19)11-18-7-9-20(10-8-18)21-12-26(31)28(27(32)13-21)22-14-24(29)23(16-33)25(30)15-22/h2-10,12-15,17H,11H2,1H3/t17-/m1/s1. The van der Waals surface area contributed by atoms with E-state index in [9.17, 15) is 17.6 Å². The number of nitriles is 1. The van der Waals surface area contributed by atoms with Crippen molar-refractivity contribution in [3.8, 4) is 28.3 Å². The molecule has 1 atom stereocenters. The Hall–Kier alpha value is -3.91. The van der Waals surface area contributed by atoms with Gasteiger partial charge in [-0.25, -0.2) is 17.6 Å². The summed E-state index contributed by atoms with van der Waals surface area (Å²) in [7, 11) is 0. The summed E-state index contributed by atoms with van der Waals surface area (Å²) in [4.78, 5) is 0. The van der Waals surface area contributed by atoms with Crippen molar-refractivity contribution >= 4 is 0 Å². The van der Waals surface area contributed by atoms with Crippen molar-refractivity contribution < 1.29 is 17.6 Å². The Morgan fingerprint density at radius 3 is 1.79 bits per heavy atom. The Morgan fingerprint density at radius 1 is 0.697 bits per heavy atom. The molecule has 0 fully saturated rings. The monoisotopic (exact) mass is 445 g/mol. The molecule has 0 amide bonds. The molecule has 0 N–H and O–H groups in total. The summed E-state index contributed by atoms with van der Waals surface area (Å²) < 4.78 is 57.5. The number of rotatable bonds is 5. The highest BCUT2D eigenvalue weighted by atomic mass is 19.1. The number of nitrogens with zero attached hydrogens (tertiary/aromatic N) is 1.